The van der Waals surface area contributed by atoms with E-state index in [1.165, 1.54) is 0 Å². The molecule has 0 aromatic heterocycles. The molecule has 4 nitrogen and oxygen atoms in total. The number of hydrogen-bond acceptors (Lipinski definition) is 3. The van der Waals surface area contributed by atoms with Crippen LogP contribution in [0.25, 0.3) is 0 Å². The van der Waals surface area contributed by atoms with Gasteiger partial charge >= 0.3 is 6.09 Å². The highest BCUT2D eigenvalue weighted by atomic mass is 16.5. The predicted molar refractivity (Wildman–Crippen MR) is 75.0 cm³/mol. The summed E-state index contributed by atoms with van der Waals surface area (Å²) in [6, 6.07) is 9.66. The number of benzene rings is 1. The molecule has 0 saturated heterocycles. The highest BCUT2D eigenvalue weighted by molar-refractivity contribution is 5.67. The number of ether oxygens (including phenoxy) is 1. The van der Waals surface area contributed by atoms with E-state index in [0.717, 1.165) is 24.8 Å². The van der Waals surface area contributed by atoms with Gasteiger partial charge < -0.3 is 15.2 Å². The van der Waals surface area contributed by atoms with Crippen LogP contribution >= 0.6 is 0 Å². The second kappa shape index (κ2) is 5.83. The van der Waals surface area contributed by atoms with Gasteiger partial charge in [0.05, 0.1) is 6.10 Å². The minimum Gasteiger partial charge on any atom is -0.445 e. The normalized spacial score (nSPS) is 31.2. The number of rotatable bonds is 4. The molecule has 1 aromatic rings. The van der Waals surface area contributed by atoms with Crippen LogP contribution in [0.2, 0.25) is 0 Å². The highest BCUT2D eigenvalue weighted by Crippen LogP contribution is 2.48. The zero-order valence-corrected chi connectivity index (χ0v) is 11.5. The Morgan fingerprint density at radius 3 is 2.65 bits per heavy atom. The third-order valence-electron chi connectivity index (χ3n) is 4.69. The number of hydrogen-bond donors (Lipinski definition) is 2. The van der Waals surface area contributed by atoms with Crippen LogP contribution in [0.1, 0.15) is 24.8 Å². The molecule has 2 saturated carbocycles. The molecule has 108 valence electrons. The van der Waals surface area contributed by atoms with Crippen molar-refractivity contribution in [3.05, 3.63) is 35.9 Å². The largest absolute Gasteiger partial charge is 0.445 e. The molecule has 0 radical (unpaired) electrons. The Balaban J connectivity index is 1.38. The Hall–Kier alpha value is -1.55. The minimum atomic E-state index is -0.350. The fourth-order valence-electron chi connectivity index (χ4n) is 3.60. The van der Waals surface area contributed by atoms with Crippen molar-refractivity contribution in [3.63, 3.8) is 0 Å². The van der Waals surface area contributed by atoms with Gasteiger partial charge in [-0.2, -0.15) is 0 Å². The van der Waals surface area contributed by atoms with Crippen LogP contribution in [-0.2, 0) is 11.3 Å². The van der Waals surface area contributed by atoms with Gasteiger partial charge in [-0.3, -0.25) is 0 Å². The zero-order chi connectivity index (χ0) is 13.9. The van der Waals surface area contributed by atoms with Crippen LogP contribution in [0.5, 0.6) is 0 Å². The monoisotopic (exact) mass is 275 g/mol. The molecule has 2 bridgehead atoms. The average molecular weight is 275 g/mol. The molecule has 3 rings (SSSR count). The van der Waals surface area contributed by atoms with E-state index >= 15 is 0 Å². The Labute approximate surface area is 119 Å². The molecule has 0 unspecified atom stereocenters. The predicted octanol–water partition coefficient (Wildman–Crippen LogP) is 2.32. The van der Waals surface area contributed by atoms with Gasteiger partial charge in [-0.15, -0.1) is 0 Å². The van der Waals surface area contributed by atoms with Gasteiger partial charge in [0, 0.05) is 6.54 Å². The second-order valence-corrected chi connectivity index (χ2v) is 6.00. The summed E-state index contributed by atoms with van der Waals surface area (Å²) in [4.78, 5) is 11.7. The molecule has 2 fully saturated rings. The Bertz CT molecular complexity index is 460. The first-order chi connectivity index (χ1) is 9.72. The number of nitrogens with one attached hydrogen (secondary N) is 1. The van der Waals surface area contributed by atoms with Crippen LogP contribution in [0.15, 0.2) is 30.3 Å². The van der Waals surface area contributed by atoms with E-state index in [1.54, 1.807) is 0 Å². The molecular weight excluding hydrogens is 254 g/mol. The van der Waals surface area contributed by atoms with Crippen LogP contribution in [-0.4, -0.2) is 23.8 Å². The van der Waals surface area contributed by atoms with Crippen LogP contribution in [0.4, 0.5) is 4.79 Å². The minimum absolute atomic E-state index is 0.110. The number of fused-ring (bicyclic) bond motifs is 2. The first kappa shape index (κ1) is 13.4. The lowest BCUT2D eigenvalue weighted by Gasteiger charge is -2.24. The fraction of sp³-hybridized carbons (Fsp3) is 0.562. The third kappa shape index (κ3) is 2.96. The topological polar surface area (TPSA) is 58.6 Å². The van der Waals surface area contributed by atoms with E-state index in [-0.39, 0.29) is 12.2 Å². The summed E-state index contributed by atoms with van der Waals surface area (Å²) < 4.78 is 5.19. The molecule has 4 atom stereocenters. The van der Waals surface area contributed by atoms with Crippen LogP contribution in [0.3, 0.4) is 0 Å². The molecule has 2 aliphatic carbocycles. The molecule has 0 spiro atoms. The van der Waals surface area contributed by atoms with Crippen LogP contribution < -0.4 is 5.32 Å². The molecule has 0 aliphatic heterocycles. The smallest absolute Gasteiger partial charge is 0.407 e. The van der Waals surface area contributed by atoms with E-state index in [0.29, 0.717) is 30.9 Å². The number of aliphatic hydroxyl groups excluding tert-OH is 1. The van der Waals surface area contributed by atoms with Crippen molar-refractivity contribution in [2.24, 2.45) is 17.8 Å². The zero-order valence-electron chi connectivity index (χ0n) is 11.5. The summed E-state index contributed by atoms with van der Waals surface area (Å²) in [6.45, 7) is 0.976. The maximum atomic E-state index is 11.7. The van der Waals surface area contributed by atoms with Gasteiger partial charge in [0.1, 0.15) is 6.61 Å². The average Bonchev–Trinajstić information content (AvgIpc) is 3.03. The Morgan fingerprint density at radius 1 is 1.20 bits per heavy atom. The number of amides is 1. The van der Waals surface area contributed by atoms with Gasteiger partial charge in [0.15, 0.2) is 0 Å². The van der Waals surface area contributed by atoms with Gasteiger partial charge in [-0.25, -0.2) is 4.79 Å². The van der Waals surface area contributed by atoms with Gasteiger partial charge in [-0.1, -0.05) is 30.3 Å². The lowest BCUT2D eigenvalue weighted by Crippen LogP contribution is -2.33. The quantitative estimate of drug-likeness (QED) is 0.886. The van der Waals surface area contributed by atoms with Crippen LogP contribution in [0, 0.1) is 17.8 Å². The lowest BCUT2D eigenvalue weighted by atomic mass is 9.87. The summed E-state index contributed by atoms with van der Waals surface area (Å²) >= 11 is 0. The van der Waals surface area contributed by atoms with E-state index in [2.05, 4.69) is 5.32 Å². The summed E-state index contributed by atoms with van der Waals surface area (Å²) in [5.41, 5.74) is 0.991. The summed E-state index contributed by atoms with van der Waals surface area (Å²) in [5.74, 6) is 1.53. The second-order valence-electron chi connectivity index (χ2n) is 6.00. The van der Waals surface area contributed by atoms with Crippen molar-refractivity contribution in [1.29, 1.82) is 0 Å². The first-order valence-corrected chi connectivity index (χ1v) is 7.35. The van der Waals surface area contributed by atoms with Gasteiger partial charge in [0.2, 0.25) is 0 Å². The molecule has 0 heterocycles. The third-order valence-corrected chi connectivity index (χ3v) is 4.69. The van der Waals surface area contributed by atoms with Crippen molar-refractivity contribution in [1.82, 2.24) is 5.32 Å². The fourth-order valence-corrected chi connectivity index (χ4v) is 3.60. The summed E-state index contributed by atoms with van der Waals surface area (Å²) in [5, 5.41) is 12.6. The molecule has 2 aliphatic rings. The summed E-state index contributed by atoms with van der Waals surface area (Å²) in [7, 11) is 0. The molecule has 1 amide bonds. The number of carbonyl (C=O) groups excluding carboxylic acids is 1. The number of aliphatic hydroxyl groups is 1. The molecule has 4 heteroatoms. The van der Waals surface area contributed by atoms with E-state index in [9.17, 15) is 9.90 Å². The van der Waals surface area contributed by atoms with Gasteiger partial charge in [-0.05, 0) is 42.6 Å². The van der Waals surface area contributed by atoms with Gasteiger partial charge in [0.25, 0.3) is 0 Å². The summed E-state index contributed by atoms with van der Waals surface area (Å²) in [6.07, 6.45) is 2.59. The van der Waals surface area contributed by atoms with Crippen molar-refractivity contribution >= 4 is 6.09 Å². The van der Waals surface area contributed by atoms with E-state index in [1.807, 2.05) is 30.3 Å². The van der Waals surface area contributed by atoms with E-state index < -0.39 is 0 Å². The van der Waals surface area contributed by atoms with Crippen molar-refractivity contribution in [2.45, 2.75) is 32.0 Å². The molecule has 2 N–H and O–H groups in total. The van der Waals surface area contributed by atoms with E-state index in [4.69, 9.17) is 4.74 Å². The Morgan fingerprint density at radius 2 is 2.00 bits per heavy atom. The lowest BCUT2D eigenvalue weighted by molar-refractivity contribution is 0.0929. The maximum absolute atomic E-state index is 11.7. The molecule has 20 heavy (non-hydrogen) atoms. The van der Waals surface area contributed by atoms with Crippen molar-refractivity contribution in [2.75, 3.05) is 6.54 Å². The van der Waals surface area contributed by atoms with Crippen molar-refractivity contribution < 1.29 is 14.6 Å². The number of carbonyl (C=O) groups is 1. The highest BCUT2D eigenvalue weighted by Gasteiger charge is 2.44. The molecule has 1 aromatic carbocycles. The molecular formula is C16H21NO3. The van der Waals surface area contributed by atoms with Crippen molar-refractivity contribution in [3.8, 4) is 0 Å². The number of alkyl carbamates (subject to hydrolysis) is 1. The maximum Gasteiger partial charge on any atom is 0.407 e. The first-order valence-electron chi connectivity index (χ1n) is 7.35. The standard InChI is InChI=1S/C16H21NO3/c18-15-8-12-6-13(15)7-14(12)9-17-16(19)20-10-11-4-2-1-3-5-11/h1-5,12-15,18H,6-10H2,(H,17,19)/t12-,13-,14+,15-/m1/s1. The Kier molecular flexibility index (Phi) is 3.92. The SMILES string of the molecule is O=C(NC[C@@H]1C[C@H]2C[C@@H]1C[C@H]2O)OCc1ccccc1.